The number of esters is 1. The van der Waals surface area contributed by atoms with Crippen molar-refractivity contribution in [2.24, 2.45) is 0 Å². The molecule has 11 nitrogen and oxygen atoms in total. The molecule has 2 aromatic carbocycles. The van der Waals surface area contributed by atoms with Crippen molar-refractivity contribution in [1.29, 1.82) is 0 Å². The number of hydrogen-bond donors (Lipinski definition) is 3. The van der Waals surface area contributed by atoms with Gasteiger partial charge in [0.1, 0.15) is 11.8 Å². The molecule has 2 aromatic rings. The highest BCUT2D eigenvalue weighted by Crippen LogP contribution is 2.35. The van der Waals surface area contributed by atoms with Crippen molar-refractivity contribution >= 4 is 23.7 Å². The zero-order chi connectivity index (χ0) is 33.4. The number of nitrogens with one attached hydrogen (secondary N) is 3. The van der Waals surface area contributed by atoms with Crippen LogP contribution in [0.5, 0.6) is 5.75 Å². The number of ether oxygens (including phenoxy) is 3. The smallest absolute Gasteiger partial charge is 0.422 e. The first kappa shape index (κ1) is 34.4. The number of urea groups is 2. The third kappa shape index (κ3) is 8.42. The summed E-state index contributed by atoms with van der Waals surface area (Å²) in [5, 5.41) is 8.36. The number of imide groups is 1. The van der Waals surface area contributed by atoms with Gasteiger partial charge in [0.25, 0.3) is 0 Å². The molecule has 46 heavy (non-hydrogen) atoms. The summed E-state index contributed by atoms with van der Waals surface area (Å²) in [6, 6.07) is 6.06. The van der Waals surface area contributed by atoms with Crippen LogP contribution in [0.3, 0.4) is 0 Å². The molecule has 0 saturated carbocycles. The van der Waals surface area contributed by atoms with Gasteiger partial charge < -0.3 is 35.1 Å². The second-order valence-electron chi connectivity index (χ2n) is 10.5. The van der Waals surface area contributed by atoms with Crippen molar-refractivity contribution in [3.8, 4) is 5.75 Å². The third-order valence-electron chi connectivity index (χ3n) is 7.43. The number of hydrogen-bond acceptors (Lipinski definition) is 8. The Balaban J connectivity index is 1.37. The Hall–Kier alpha value is -4.44. The molecule has 0 aromatic heterocycles. The van der Waals surface area contributed by atoms with Gasteiger partial charge in [-0.2, -0.15) is 13.2 Å². The minimum Gasteiger partial charge on any atom is -0.482 e. The number of halogens is 5. The minimum absolute atomic E-state index is 0.000630. The zero-order valence-electron chi connectivity index (χ0n) is 25.1. The summed E-state index contributed by atoms with van der Waals surface area (Å²) < 4.78 is 81.0. The highest BCUT2D eigenvalue weighted by Gasteiger charge is 2.43. The number of rotatable bonds is 11. The van der Waals surface area contributed by atoms with E-state index in [0.717, 1.165) is 25.3 Å². The van der Waals surface area contributed by atoms with Gasteiger partial charge in [-0.1, -0.05) is 18.2 Å². The molecule has 2 aliphatic heterocycles. The molecule has 250 valence electrons. The van der Waals surface area contributed by atoms with Gasteiger partial charge in [0.05, 0.1) is 30.7 Å². The van der Waals surface area contributed by atoms with Gasteiger partial charge in [-0.25, -0.2) is 28.1 Å². The van der Waals surface area contributed by atoms with Gasteiger partial charge in [0, 0.05) is 39.3 Å². The number of benzene rings is 2. The lowest BCUT2D eigenvalue weighted by atomic mass is 9.93. The van der Waals surface area contributed by atoms with Crippen LogP contribution in [-0.4, -0.2) is 88.8 Å². The Kier molecular flexibility index (Phi) is 11.4. The van der Waals surface area contributed by atoms with E-state index >= 15 is 0 Å². The largest absolute Gasteiger partial charge is 0.482 e. The first-order valence-corrected chi connectivity index (χ1v) is 14.3. The molecule has 1 unspecified atom stereocenters. The molecule has 1 saturated heterocycles. The van der Waals surface area contributed by atoms with E-state index in [1.807, 2.05) is 4.90 Å². The van der Waals surface area contributed by atoms with Crippen molar-refractivity contribution in [1.82, 2.24) is 20.9 Å². The topological polar surface area (TPSA) is 121 Å². The lowest BCUT2D eigenvalue weighted by Crippen LogP contribution is -2.56. The standard InChI is InChI=1S/C30H34F5N5O6/c1-44-16-22-25(27(41)45-2)26(18-7-8-20(31)21(32)15-18)40(29(43)38-22)28(42)37-12-11-36-19-9-13-39(14-10-19)23-5-3-4-6-24(23)46-17-30(33,34)35/h3-8,15,19,26,36H,9-14,16-17H2,1-2H3,(H,37,42)(H,38,43). The predicted octanol–water partition coefficient (Wildman–Crippen LogP) is 4.01. The summed E-state index contributed by atoms with van der Waals surface area (Å²) >= 11 is 0. The van der Waals surface area contributed by atoms with Crippen LogP contribution >= 0.6 is 0 Å². The van der Waals surface area contributed by atoms with E-state index in [9.17, 15) is 36.3 Å². The van der Waals surface area contributed by atoms with Crippen molar-refractivity contribution in [2.75, 3.05) is 58.5 Å². The number of methoxy groups -OCH3 is 2. The maximum Gasteiger partial charge on any atom is 0.422 e. The second kappa shape index (κ2) is 15.2. The van der Waals surface area contributed by atoms with E-state index in [1.165, 1.54) is 13.2 Å². The van der Waals surface area contributed by atoms with E-state index in [1.54, 1.807) is 18.2 Å². The van der Waals surface area contributed by atoms with Crippen LogP contribution in [0.2, 0.25) is 0 Å². The molecule has 0 bridgehead atoms. The fourth-order valence-electron chi connectivity index (χ4n) is 5.33. The number of carbonyl (C=O) groups excluding carboxylic acids is 3. The van der Waals surface area contributed by atoms with E-state index < -0.39 is 48.5 Å². The van der Waals surface area contributed by atoms with Crippen LogP contribution in [0.25, 0.3) is 0 Å². The molecular weight excluding hydrogens is 621 g/mol. The Morgan fingerprint density at radius 2 is 1.74 bits per heavy atom. The fraction of sp³-hybridized carbons (Fsp3) is 0.433. The van der Waals surface area contributed by atoms with Crippen molar-refractivity contribution in [3.05, 3.63) is 70.9 Å². The summed E-state index contributed by atoms with van der Waals surface area (Å²) in [6.45, 7) is -0.172. The summed E-state index contributed by atoms with van der Waals surface area (Å²) in [6.07, 6.45) is -3.14. The molecule has 1 atom stereocenters. The molecule has 2 aliphatic rings. The first-order valence-electron chi connectivity index (χ1n) is 14.3. The number of alkyl halides is 3. The van der Waals surface area contributed by atoms with Crippen LogP contribution in [0.4, 0.5) is 37.2 Å². The number of amides is 4. The molecule has 3 N–H and O–H groups in total. The highest BCUT2D eigenvalue weighted by molar-refractivity contribution is 6.01. The molecule has 4 amide bonds. The van der Waals surface area contributed by atoms with Gasteiger partial charge in [0.2, 0.25) is 0 Å². The molecule has 16 heteroatoms. The molecular formula is C30H34F5N5O6. The van der Waals surface area contributed by atoms with Crippen LogP contribution in [0.1, 0.15) is 24.4 Å². The van der Waals surface area contributed by atoms with Gasteiger partial charge >= 0.3 is 24.2 Å². The van der Waals surface area contributed by atoms with Crippen molar-refractivity contribution in [3.63, 3.8) is 0 Å². The van der Waals surface area contributed by atoms with E-state index in [0.29, 0.717) is 43.1 Å². The Labute approximate surface area is 261 Å². The van der Waals surface area contributed by atoms with Gasteiger partial charge in [-0.05, 0) is 42.7 Å². The Morgan fingerprint density at radius 3 is 2.39 bits per heavy atom. The fourth-order valence-corrected chi connectivity index (χ4v) is 5.33. The minimum atomic E-state index is -4.45. The second-order valence-corrected chi connectivity index (χ2v) is 10.5. The Bertz CT molecular complexity index is 1450. The molecule has 1 fully saturated rings. The van der Waals surface area contributed by atoms with Crippen molar-refractivity contribution < 1.29 is 50.5 Å². The molecule has 4 rings (SSSR count). The van der Waals surface area contributed by atoms with Crippen LogP contribution < -0.4 is 25.6 Å². The number of anilines is 1. The van der Waals surface area contributed by atoms with E-state index in [4.69, 9.17) is 14.2 Å². The number of nitrogens with zero attached hydrogens (tertiary/aromatic N) is 2. The monoisotopic (exact) mass is 655 g/mol. The molecule has 2 heterocycles. The van der Waals surface area contributed by atoms with Gasteiger partial charge in [0.15, 0.2) is 18.2 Å². The van der Waals surface area contributed by atoms with Crippen LogP contribution in [-0.2, 0) is 14.3 Å². The maximum atomic E-state index is 14.2. The highest BCUT2D eigenvalue weighted by atomic mass is 19.4. The number of para-hydroxylation sites is 2. The number of piperidine rings is 1. The first-order chi connectivity index (χ1) is 21.9. The average Bonchev–Trinajstić information content (AvgIpc) is 3.03. The maximum absolute atomic E-state index is 14.2. The van der Waals surface area contributed by atoms with Crippen LogP contribution in [0, 0.1) is 11.6 Å². The van der Waals surface area contributed by atoms with E-state index in [2.05, 4.69) is 16.0 Å². The normalized spacial score (nSPS) is 17.5. The summed E-state index contributed by atoms with van der Waals surface area (Å²) in [7, 11) is 2.42. The summed E-state index contributed by atoms with van der Waals surface area (Å²) in [5.74, 6) is -3.16. The van der Waals surface area contributed by atoms with Gasteiger partial charge in [-0.3, -0.25) is 0 Å². The number of carbonyl (C=O) groups is 3. The van der Waals surface area contributed by atoms with E-state index in [-0.39, 0.29) is 41.8 Å². The predicted molar refractivity (Wildman–Crippen MR) is 155 cm³/mol. The summed E-state index contributed by atoms with van der Waals surface area (Å²) in [4.78, 5) is 41.9. The lowest BCUT2D eigenvalue weighted by molar-refractivity contribution is -0.153. The Morgan fingerprint density at radius 1 is 1.02 bits per heavy atom. The third-order valence-corrected chi connectivity index (χ3v) is 7.43. The SMILES string of the molecule is COCC1=C(C(=O)OC)C(c2ccc(F)c(F)c2)N(C(=O)NCCNC2CCN(c3ccccc3OCC(F)(F)F)CC2)C(=O)N1. The molecule has 0 radical (unpaired) electrons. The van der Waals surface area contributed by atoms with Gasteiger partial charge in [-0.15, -0.1) is 0 Å². The molecule has 0 aliphatic carbocycles. The lowest BCUT2D eigenvalue weighted by Gasteiger charge is -2.37. The molecule has 0 spiro atoms. The zero-order valence-corrected chi connectivity index (χ0v) is 25.1. The summed E-state index contributed by atoms with van der Waals surface area (Å²) in [5.41, 5.74) is 0.330. The quantitative estimate of drug-likeness (QED) is 0.189. The van der Waals surface area contributed by atoms with Crippen molar-refractivity contribution in [2.45, 2.75) is 31.1 Å². The van der Waals surface area contributed by atoms with Crippen LogP contribution in [0.15, 0.2) is 53.7 Å². The average molecular weight is 656 g/mol.